The molecule has 3 N–H and O–H groups in total. The summed E-state index contributed by atoms with van der Waals surface area (Å²) in [6.07, 6.45) is 7.69. The van der Waals surface area contributed by atoms with Gasteiger partial charge in [-0.25, -0.2) is 4.98 Å². The summed E-state index contributed by atoms with van der Waals surface area (Å²) in [7, 11) is 0. The Bertz CT molecular complexity index is 526. The summed E-state index contributed by atoms with van der Waals surface area (Å²) in [6.45, 7) is 1.81. The van der Waals surface area contributed by atoms with Crippen LogP contribution >= 0.6 is 23.2 Å². The fourth-order valence-corrected chi connectivity index (χ4v) is 2.11. The molecule has 1 heterocycles. The molecule has 102 valence electrons. The number of nitrogens with zero attached hydrogens (tertiary/aromatic N) is 2. The number of nitrogen functional groups attached to an aromatic ring is 1. The van der Waals surface area contributed by atoms with E-state index in [2.05, 4.69) is 14.9 Å². The van der Waals surface area contributed by atoms with Crippen LogP contribution in [-0.4, -0.2) is 16.1 Å². The van der Waals surface area contributed by atoms with Crippen LogP contribution < -0.4 is 11.1 Å². The quantitative estimate of drug-likeness (QED) is 0.632. The van der Waals surface area contributed by atoms with Gasteiger partial charge < -0.3 is 15.6 Å². The number of halogens is 2. The van der Waals surface area contributed by atoms with Crippen molar-refractivity contribution >= 4 is 34.6 Å². The van der Waals surface area contributed by atoms with E-state index in [1.165, 1.54) is 0 Å². The molecule has 0 saturated carbocycles. The van der Waals surface area contributed by atoms with E-state index in [1.54, 1.807) is 18.3 Å². The fourth-order valence-electron chi connectivity index (χ4n) is 1.78. The highest BCUT2D eigenvalue weighted by atomic mass is 35.5. The molecule has 0 radical (unpaired) electrons. The second-order valence-electron chi connectivity index (χ2n) is 4.29. The zero-order valence-corrected chi connectivity index (χ0v) is 12.0. The molecule has 0 atom stereocenters. The van der Waals surface area contributed by atoms with E-state index in [1.807, 2.05) is 12.5 Å². The highest BCUT2D eigenvalue weighted by molar-refractivity contribution is 6.42. The van der Waals surface area contributed by atoms with Crippen LogP contribution in [-0.2, 0) is 6.54 Å². The van der Waals surface area contributed by atoms with Crippen molar-refractivity contribution < 1.29 is 0 Å². The average Bonchev–Trinajstić information content (AvgIpc) is 2.88. The third kappa shape index (κ3) is 4.04. The van der Waals surface area contributed by atoms with Crippen molar-refractivity contribution in [2.45, 2.75) is 19.4 Å². The Morgan fingerprint density at radius 2 is 2.00 bits per heavy atom. The van der Waals surface area contributed by atoms with Crippen molar-refractivity contribution in [3.8, 4) is 0 Å². The van der Waals surface area contributed by atoms with E-state index in [0.29, 0.717) is 15.7 Å². The lowest BCUT2D eigenvalue weighted by atomic mass is 10.2. The summed E-state index contributed by atoms with van der Waals surface area (Å²) in [5.74, 6) is 0. The molecule has 0 spiro atoms. The number of rotatable bonds is 6. The minimum atomic E-state index is 0.477. The van der Waals surface area contributed by atoms with E-state index in [9.17, 15) is 0 Å². The molecular formula is C13H16Cl2N4. The predicted octanol–water partition coefficient (Wildman–Crippen LogP) is 3.66. The van der Waals surface area contributed by atoms with Crippen LogP contribution in [0, 0.1) is 0 Å². The highest BCUT2D eigenvalue weighted by Gasteiger charge is 2.04. The lowest BCUT2D eigenvalue weighted by molar-refractivity contribution is 0.621. The molecule has 0 aliphatic rings. The van der Waals surface area contributed by atoms with E-state index >= 15 is 0 Å². The van der Waals surface area contributed by atoms with Crippen molar-refractivity contribution in [2.75, 3.05) is 17.6 Å². The molecule has 0 saturated heterocycles. The highest BCUT2D eigenvalue weighted by Crippen LogP contribution is 2.30. The maximum Gasteiger partial charge on any atom is 0.0945 e. The summed E-state index contributed by atoms with van der Waals surface area (Å²) in [6, 6.07) is 3.42. The van der Waals surface area contributed by atoms with Crippen molar-refractivity contribution in [3.05, 3.63) is 40.9 Å². The normalized spacial score (nSPS) is 10.6. The van der Waals surface area contributed by atoms with Gasteiger partial charge in [0.25, 0.3) is 0 Å². The number of benzene rings is 1. The molecule has 0 aliphatic carbocycles. The van der Waals surface area contributed by atoms with Gasteiger partial charge in [-0.3, -0.25) is 0 Å². The van der Waals surface area contributed by atoms with Crippen LogP contribution in [0.4, 0.5) is 11.4 Å². The predicted molar refractivity (Wildman–Crippen MR) is 80.8 cm³/mol. The molecule has 6 heteroatoms. The molecule has 2 rings (SSSR count). The molecule has 0 amide bonds. The molecule has 4 nitrogen and oxygen atoms in total. The van der Waals surface area contributed by atoms with E-state index in [4.69, 9.17) is 28.9 Å². The second-order valence-corrected chi connectivity index (χ2v) is 5.10. The zero-order chi connectivity index (χ0) is 13.7. The minimum absolute atomic E-state index is 0.477. The van der Waals surface area contributed by atoms with Gasteiger partial charge in [-0.15, -0.1) is 0 Å². The molecule has 19 heavy (non-hydrogen) atoms. The molecule has 0 fully saturated rings. The van der Waals surface area contributed by atoms with Crippen molar-refractivity contribution in [3.63, 3.8) is 0 Å². The molecular weight excluding hydrogens is 283 g/mol. The summed E-state index contributed by atoms with van der Waals surface area (Å²) >= 11 is 11.8. The summed E-state index contributed by atoms with van der Waals surface area (Å²) in [5.41, 5.74) is 7.31. The van der Waals surface area contributed by atoms with E-state index in [-0.39, 0.29) is 0 Å². The molecule has 0 bridgehead atoms. The number of nitrogens with one attached hydrogen (secondary N) is 1. The van der Waals surface area contributed by atoms with Gasteiger partial charge in [0.15, 0.2) is 0 Å². The maximum atomic E-state index is 5.96. The third-order valence-electron chi connectivity index (χ3n) is 2.81. The smallest absolute Gasteiger partial charge is 0.0945 e. The fraction of sp³-hybridized carbons (Fsp3) is 0.308. The number of hydrogen-bond donors (Lipinski definition) is 2. The van der Waals surface area contributed by atoms with E-state index < -0.39 is 0 Å². The van der Waals surface area contributed by atoms with Gasteiger partial charge in [-0.1, -0.05) is 23.2 Å². The Morgan fingerprint density at radius 3 is 2.74 bits per heavy atom. The van der Waals surface area contributed by atoms with Crippen molar-refractivity contribution in [1.82, 2.24) is 9.55 Å². The van der Waals surface area contributed by atoms with Crippen molar-refractivity contribution in [2.24, 2.45) is 0 Å². The summed E-state index contributed by atoms with van der Waals surface area (Å²) < 4.78 is 2.06. The Kier molecular flexibility index (Phi) is 4.93. The molecule has 0 aliphatic heterocycles. The zero-order valence-electron chi connectivity index (χ0n) is 10.4. The Labute approximate surface area is 122 Å². The van der Waals surface area contributed by atoms with Gasteiger partial charge in [0.05, 0.1) is 27.7 Å². The number of hydrogen-bond acceptors (Lipinski definition) is 3. The van der Waals surface area contributed by atoms with Gasteiger partial charge in [0, 0.05) is 25.5 Å². The van der Waals surface area contributed by atoms with Crippen LogP contribution in [0.25, 0.3) is 0 Å². The molecule has 1 aromatic carbocycles. The van der Waals surface area contributed by atoms with Gasteiger partial charge in [0.1, 0.15) is 0 Å². The topological polar surface area (TPSA) is 55.9 Å². The number of imidazole rings is 1. The molecule has 1 aromatic heterocycles. The second kappa shape index (κ2) is 6.68. The Morgan fingerprint density at radius 1 is 1.21 bits per heavy atom. The maximum absolute atomic E-state index is 5.96. The van der Waals surface area contributed by atoms with Crippen LogP contribution in [0.15, 0.2) is 30.9 Å². The summed E-state index contributed by atoms with van der Waals surface area (Å²) in [4.78, 5) is 4.00. The first-order valence-electron chi connectivity index (χ1n) is 6.11. The number of aromatic nitrogens is 2. The standard InChI is InChI=1S/C13H16Cl2N4/c14-10-7-12(16)13(8-11(10)15)18-3-1-2-5-19-6-4-17-9-19/h4,6-9,18H,1-3,5,16H2. The Balaban J connectivity index is 1.75. The van der Waals surface area contributed by atoms with Crippen LogP contribution in [0.1, 0.15) is 12.8 Å². The first kappa shape index (κ1) is 14.0. The Hall–Kier alpha value is -1.39. The lowest BCUT2D eigenvalue weighted by Crippen LogP contribution is -2.05. The number of nitrogens with two attached hydrogens (primary N) is 1. The lowest BCUT2D eigenvalue weighted by Gasteiger charge is -2.10. The van der Waals surface area contributed by atoms with Crippen molar-refractivity contribution in [1.29, 1.82) is 0 Å². The number of aryl methyl sites for hydroxylation is 1. The van der Waals surface area contributed by atoms with Crippen LogP contribution in [0.5, 0.6) is 0 Å². The molecule has 0 unspecified atom stereocenters. The monoisotopic (exact) mass is 298 g/mol. The van der Waals surface area contributed by atoms with Crippen LogP contribution in [0.3, 0.4) is 0 Å². The SMILES string of the molecule is Nc1cc(Cl)c(Cl)cc1NCCCCn1ccnc1. The summed E-state index contributed by atoms with van der Waals surface area (Å²) in [5, 5.41) is 4.26. The number of anilines is 2. The molecule has 2 aromatic rings. The largest absolute Gasteiger partial charge is 0.397 e. The van der Waals surface area contributed by atoms with Gasteiger partial charge in [-0.2, -0.15) is 0 Å². The minimum Gasteiger partial charge on any atom is -0.397 e. The van der Waals surface area contributed by atoms with Crippen LogP contribution in [0.2, 0.25) is 10.0 Å². The third-order valence-corrected chi connectivity index (χ3v) is 3.53. The first-order chi connectivity index (χ1) is 9.16. The first-order valence-corrected chi connectivity index (χ1v) is 6.86. The van der Waals surface area contributed by atoms with Gasteiger partial charge in [-0.05, 0) is 25.0 Å². The average molecular weight is 299 g/mol. The van der Waals surface area contributed by atoms with E-state index in [0.717, 1.165) is 31.6 Å². The van der Waals surface area contributed by atoms with Gasteiger partial charge >= 0.3 is 0 Å². The van der Waals surface area contributed by atoms with Gasteiger partial charge in [0.2, 0.25) is 0 Å². The number of unbranched alkanes of at least 4 members (excludes halogenated alkanes) is 1.